The van der Waals surface area contributed by atoms with E-state index in [9.17, 15) is 4.79 Å². The van der Waals surface area contributed by atoms with Crippen molar-refractivity contribution in [1.82, 2.24) is 10.3 Å². The number of anilines is 2. The molecule has 0 aliphatic rings. The fourth-order valence-corrected chi connectivity index (χ4v) is 2.53. The zero-order valence-electron chi connectivity index (χ0n) is 15.2. The molecule has 6 nitrogen and oxygen atoms in total. The predicted octanol–water partition coefficient (Wildman–Crippen LogP) is 3.77. The van der Waals surface area contributed by atoms with Gasteiger partial charge in [0.05, 0.1) is 31.7 Å². The first-order chi connectivity index (χ1) is 13.2. The molecular formula is C21H21N3O3. The summed E-state index contributed by atoms with van der Waals surface area (Å²) >= 11 is 0. The minimum atomic E-state index is -0.187. The Kier molecular flexibility index (Phi) is 5.89. The number of nitrogens with zero attached hydrogens (tertiary/aromatic N) is 1. The van der Waals surface area contributed by atoms with Gasteiger partial charge >= 0.3 is 0 Å². The molecule has 0 fully saturated rings. The summed E-state index contributed by atoms with van der Waals surface area (Å²) in [5.41, 5.74) is 3.05. The van der Waals surface area contributed by atoms with Crippen LogP contribution in [0.2, 0.25) is 0 Å². The molecule has 0 saturated carbocycles. The van der Waals surface area contributed by atoms with E-state index in [4.69, 9.17) is 9.47 Å². The minimum Gasteiger partial charge on any atom is -0.497 e. The summed E-state index contributed by atoms with van der Waals surface area (Å²) in [6.07, 6.45) is 3.21. The maximum absolute atomic E-state index is 12.4. The number of aromatic nitrogens is 1. The van der Waals surface area contributed by atoms with Crippen molar-refractivity contribution in [2.24, 2.45) is 0 Å². The Labute approximate surface area is 158 Å². The van der Waals surface area contributed by atoms with Gasteiger partial charge < -0.3 is 20.1 Å². The number of hydrogen-bond donors (Lipinski definition) is 2. The van der Waals surface area contributed by atoms with Crippen LogP contribution >= 0.6 is 0 Å². The second kappa shape index (κ2) is 8.71. The highest BCUT2D eigenvalue weighted by atomic mass is 16.5. The van der Waals surface area contributed by atoms with Crippen molar-refractivity contribution in [2.45, 2.75) is 6.54 Å². The molecule has 0 aliphatic carbocycles. The van der Waals surface area contributed by atoms with E-state index < -0.39 is 0 Å². The Morgan fingerprint density at radius 2 is 1.70 bits per heavy atom. The van der Waals surface area contributed by atoms with Crippen LogP contribution in [0.25, 0.3) is 0 Å². The maximum atomic E-state index is 12.4. The molecule has 2 N–H and O–H groups in total. The molecule has 0 bridgehead atoms. The molecule has 1 amide bonds. The summed E-state index contributed by atoms with van der Waals surface area (Å²) in [4.78, 5) is 16.6. The van der Waals surface area contributed by atoms with Gasteiger partial charge in [0.25, 0.3) is 5.91 Å². The topological polar surface area (TPSA) is 72.5 Å². The van der Waals surface area contributed by atoms with Gasteiger partial charge in [-0.15, -0.1) is 0 Å². The van der Waals surface area contributed by atoms with E-state index in [1.165, 1.54) is 0 Å². The molecule has 27 heavy (non-hydrogen) atoms. The van der Waals surface area contributed by atoms with Crippen LogP contribution < -0.4 is 20.1 Å². The number of nitrogens with one attached hydrogen (secondary N) is 2. The molecule has 0 unspecified atom stereocenters. The standard InChI is InChI=1S/C21H21N3O3/c1-26-19-8-6-15(7-9-19)12-23-21(25)16-10-18(14-22-13-16)24-17-4-3-5-20(11-17)27-2/h3-11,13-14,24H,12H2,1-2H3,(H,23,25). The van der Waals surface area contributed by atoms with Crippen molar-refractivity contribution in [1.29, 1.82) is 0 Å². The molecule has 0 atom stereocenters. The largest absolute Gasteiger partial charge is 0.497 e. The zero-order valence-corrected chi connectivity index (χ0v) is 15.2. The van der Waals surface area contributed by atoms with Crippen LogP contribution in [0.5, 0.6) is 11.5 Å². The van der Waals surface area contributed by atoms with Crippen LogP contribution in [0.1, 0.15) is 15.9 Å². The van der Waals surface area contributed by atoms with E-state index in [1.54, 1.807) is 32.7 Å². The lowest BCUT2D eigenvalue weighted by Gasteiger charge is -2.10. The second-order valence-electron chi connectivity index (χ2n) is 5.85. The molecule has 6 heteroatoms. The molecule has 3 rings (SSSR count). The number of ether oxygens (including phenoxy) is 2. The fourth-order valence-electron chi connectivity index (χ4n) is 2.53. The highest BCUT2D eigenvalue weighted by molar-refractivity contribution is 5.94. The van der Waals surface area contributed by atoms with Gasteiger partial charge in [-0.1, -0.05) is 18.2 Å². The summed E-state index contributed by atoms with van der Waals surface area (Å²) in [5.74, 6) is 1.35. The summed E-state index contributed by atoms with van der Waals surface area (Å²) in [6, 6.07) is 16.9. The first-order valence-electron chi connectivity index (χ1n) is 8.45. The SMILES string of the molecule is COc1ccc(CNC(=O)c2cncc(Nc3cccc(OC)c3)c2)cc1. The van der Waals surface area contributed by atoms with Crippen LogP contribution in [0.15, 0.2) is 67.0 Å². The van der Waals surface area contributed by atoms with E-state index in [-0.39, 0.29) is 5.91 Å². The molecule has 3 aromatic rings. The number of pyridine rings is 1. The first-order valence-corrected chi connectivity index (χ1v) is 8.45. The van der Waals surface area contributed by atoms with Crippen LogP contribution in [0.3, 0.4) is 0 Å². The third-order valence-electron chi connectivity index (χ3n) is 3.97. The summed E-state index contributed by atoms with van der Waals surface area (Å²) in [6.45, 7) is 0.427. The lowest BCUT2D eigenvalue weighted by Crippen LogP contribution is -2.23. The summed E-state index contributed by atoms with van der Waals surface area (Å²) in [7, 11) is 3.24. The summed E-state index contributed by atoms with van der Waals surface area (Å²) in [5, 5.41) is 6.12. The van der Waals surface area contributed by atoms with Gasteiger partial charge in [-0.2, -0.15) is 0 Å². The molecule has 2 aromatic carbocycles. The Balaban J connectivity index is 1.64. The van der Waals surface area contributed by atoms with Gasteiger partial charge in [0.2, 0.25) is 0 Å². The average Bonchev–Trinajstić information content (AvgIpc) is 2.72. The van der Waals surface area contributed by atoms with Crippen molar-refractivity contribution < 1.29 is 14.3 Å². The maximum Gasteiger partial charge on any atom is 0.253 e. The van der Waals surface area contributed by atoms with Crippen LogP contribution in [0.4, 0.5) is 11.4 Å². The lowest BCUT2D eigenvalue weighted by molar-refractivity contribution is 0.0950. The van der Waals surface area contributed by atoms with E-state index in [1.807, 2.05) is 48.5 Å². The van der Waals surface area contributed by atoms with Crippen molar-refractivity contribution in [2.75, 3.05) is 19.5 Å². The highest BCUT2D eigenvalue weighted by Crippen LogP contribution is 2.21. The van der Waals surface area contributed by atoms with Gasteiger partial charge in [-0.25, -0.2) is 0 Å². The van der Waals surface area contributed by atoms with E-state index in [0.29, 0.717) is 12.1 Å². The second-order valence-corrected chi connectivity index (χ2v) is 5.85. The minimum absolute atomic E-state index is 0.187. The number of hydrogen-bond acceptors (Lipinski definition) is 5. The molecule has 0 aliphatic heterocycles. The molecule has 1 heterocycles. The molecule has 0 radical (unpaired) electrons. The van der Waals surface area contributed by atoms with Gasteiger partial charge in [0.15, 0.2) is 0 Å². The smallest absolute Gasteiger partial charge is 0.253 e. The van der Waals surface area contributed by atoms with Crippen LogP contribution in [-0.2, 0) is 6.54 Å². The molecular weight excluding hydrogens is 342 g/mol. The number of methoxy groups -OCH3 is 2. The molecule has 0 saturated heterocycles. The molecule has 0 spiro atoms. The van der Waals surface area contributed by atoms with Crippen molar-refractivity contribution >= 4 is 17.3 Å². The Hall–Kier alpha value is -3.54. The molecule has 1 aromatic heterocycles. The van der Waals surface area contributed by atoms with E-state index in [0.717, 1.165) is 28.4 Å². The van der Waals surface area contributed by atoms with Crippen molar-refractivity contribution in [3.05, 3.63) is 78.1 Å². The van der Waals surface area contributed by atoms with Gasteiger partial charge in [0, 0.05) is 24.5 Å². The third kappa shape index (κ3) is 4.98. The monoisotopic (exact) mass is 363 g/mol. The van der Waals surface area contributed by atoms with Crippen molar-refractivity contribution in [3.8, 4) is 11.5 Å². The number of rotatable bonds is 7. The van der Waals surface area contributed by atoms with Crippen molar-refractivity contribution in [3.63, 3.8) is 0 Å². The predicted molar refractivity (Wildman–Crippen MR) is 105 cm³/mol. The first kappa shape index (κ1) is 18.3. The number of benzene rings is 2. The third-order valence-corrected chi connectivity index (χ3v) is 3.97. The number of carbonyl (C=O) groups is 1. The van der Waals surface area contributed by atoms with E-state index >= 15 is 0 Å². The summed E-state index contributed by atoms with van der Waals surface area (Å²) < 4.78 is 10.3. The highest BCUT2D eigenvalue weighted by Gasteiger charge is 2.07. The number of carbonyl (C=O) groups excluding carboxylic acids is 1. The number of amides is 1. The zero-order chi connectivity index (χ0) is 19.1. The van der Waals surface area contributed by atoms with Crippen LogP contribution in [-0.4, -0.2) is 25.1 Å². The van der Waals surface area contributed by atoms with Crippen LogP contribution in [0, 0.1) is 0 Å². The van der Waals surface area contributed by atoms with E-state index in [2.05, 4.69) is 15.6 Å². The Morgan fingerprint density at radius 1 is 0.926 bits per heavy atom. The quantitative estimate of drug-likeness (QED) is 0.668. The van der Waals surface area contributed by atoms with Gasteiger partial charge in [-0.05, 0) is 35.9 Å². The van der Waals surface area contributed by atoms with Gasteiger partial charge in [0.1, 0.15) is 11.5 Å². The van der Waals surface area contributed by atoms with Gasteiger partial charge in [-0.3, -0.25) is 9.78 Å². The fraction of sp³-hybridized carbons (Fsp3) is 0.143. The Morgan fingerprint density at radius 3 is 2.44 bits per heavy atom. The lowest BCUT2D eigenvalue weighted by atomic mass is 10.2. The average molecular weight is 363 g/mol. The Bertz CT molecular complexity index is 911. The normalized spacial score (nSPS) is 10.1. The molecule has 138 valence electrons.